The van der Waals surface area contributed by atoms with E-state index in [-0.39, 0.29) is 18.3 Å². The Morgan fingerprint density at radius 2 is 1.88 bits per heavy atom. The summed E-state index contributed by atoms with van der Waals surface area (Å²) in [6.45, 7) is 4.50. The molecule has 1 amide bonds. The number of aromatic nitrogens is 1. The second-order valence-corrected chi connectivity index (χ2v) is 9.00. The molecule has 0 saturated carbocycles. The molecule has 0 N–H and O–H groups in total. The van der Waals surface area contributed by atoms with Crippen molar-refractivity contribution in [2.24, 2.45) is 5.92 Å². The van der Waals surface area contributed by atoms with Crippen LogP contribution >= 0.6 is 11.3 Å². The average molecular weight is 451 g/mol. The van der Waals surface area contributed by atoms with E-state index in [1.807, 2.05) is 66.3 Å². The Bertz CT molecular complexity index is 1120. The molecule has 1 aliphatic rings. The van der Waals surface area contributed by atoms with Crippen LogP contribution in [0.4, 0.5) is 0 Å². The molecule has 0 radical (unpaired) electrons. The first-order chi connectivity index (χ1) is 15.5. The zero-order chi connectivity index (χ0) is 22.7. The van der Waals surface area contributed by atoms with Crippen molar-refractivity contribution < 1.29 is 19.1 Å². The summed E-state index contributed by atoms with van der Waals surface area (Å²) in [5, 5.41) is 1.86. The number of nitrogens with zero attached hydrogens (tertiary/aromatic N) is 2. The number of aryl methyl sites for hydroxylation is 1. The monoisotopic (exact) mass is 450 g/mol. The molecule has 32 heavy (non-hydrogen) atoms. The molecule has 0 unspecified atom stereocenters. The molecule has 3 heterocycles. The third-order valence-electron chi connectivity index (χ3n) is 5.87. The number of para-hydroxylation sites is 1. The number of esters is 1. The first-order valence-electron chi connectivity index (χ1n) is 10.7. The van der Waals surface area contributed by atoms with Crippen molar-refractivity contribution in [3.8, 4) is 5.69 Å². The zero-order valence-electron chi connectivity index (χ0n) is 18.2. The van der Waals surface area contributed by atoms with Gasteiger partial charge in [0.2, 0.25) is 5.78 Å². The Kier molecular flexibility index (Phi) is 6.55. The predicted molar refractivity (Wildman–Crippen MR) is 123 cm³/mol. The lowest BCUT2D eigenvalue weighted by Gasteiger charge is -2.31. The van der Waals surface area contributed by atoms with E-state index in [1.54, 1.807) is 11.0 Å². The minimum atomic E-state index is -0.418. The number of hydrogen-bond donors (Lipinski definition) is 0. The number of benzene rings is 1. The van der Waals surface area contributed by atoms with Crippen molar-refractivity contribution in [1.29, 1.82) is 0 Å². The Labute approximate surface area is 191 Å². The minimum Gasteiger partial charge on any atom is -0.457 e. The summed E-state index contributed by atoms with van der Waals surface area (Å²) < 4.78 is 7.41. The molecule has 6 nitrogen and oxygen atoms in total. The van der Waals surface area contributed by atoms with E-state index < -0.39 is 11.9 Å². The van der Waals surface area contributed by atoms with Crippen LogP contribution in [0, 0.1) is 19.8 Å². The lowest BCUT2D eigenvalue weighted by atomic mass is 9.98. The predicted octanol–water partition coefficient (Wildman–Crippen LogP) is 4.43. The van der Waals surface area contributed by atoms with Crippen LogP contribution in [0.25, 0.3) is 5.69 Å². The van der Waals surface area contributed by atoms with Crippen molar-refractivity contribution in [1.82, 2.24) is 9.47 Å². The summed E-state index contributed by atoms with van der Waals surface area (Å²) in [5.41, 5.74) is 3.30. The van der Waals surface area contributed by atoms with Crippen molar-refractivity contribution >= 4 is 29.0 Å². The van der Waals surface area contributed by atoms with Gasteiger partial charge in [0.25, 0.3) is 5.91 Å². The number of ketones is 1. The number of rotatable bonds is 6. The van der Waals surface area contributed by atoms with E-state index in [1.165, 1.54) is 11.3 Å². The van der Waals surface area contributed by atoms with Crippen LogP contribution in [0.3, 0.4) is 0 Å². The summed E-state index contributed by atoms with van der Waals surface area (Å²) in [5.74, 6) is -1.10. The molecule has 1 fully saturated rings. The Balaban J connectivity index is 1.38. The van der Waals surface area contributed by atoms with Gasteiger partial charge in [-0.1, -0.05) is 24.3 Å². The SMILES string of the molecule is Cc1cc(C(=O)COC(=O)[C@@H]2CCCN(C(=O)c3cccs3)C2)c(C)n1-c1ccccc1. The van der Waals surface area contributed by atoms with Crippen LogP contribution in [-0.2, 0) is 9.53 Å². The molecular weight excluding hydrogens is 424 g/mol. The van der Waals surface area contributed by atoms with Crippen molar-refractivity contribution in [3.63, 3.8) is 0 Å². The van der Waals surface area contributed by atoms with Gasteiger partial charge in [-0.15, -0.1) is 11.3 Å². The van der Waals surface area contributed by atoms with E-state index in [0.717, 1.165) is 23.5 Å². The highest BCUT2D eigenvalue weighted by Gasteiger charge is 2.31. The van der Waals surface area contributed by atoms with Crippen molar-refractivity contribution in [2.75, 3.05) is 19.7 Å². The maximum Gasteiger partial charge on any atom is 0.311 e. The first kappa shape index (κ1) is 22.0. The number of hydrogen-bond acceptors (Lipinski definition) is 5. The van der Waals surface area contributed by atoms with Crippen molar-refractivity contribution in [2.45, 2.75) is 26.7 Å². The molecule has 2 aromatic heterocycles. The molecule has 3 aromatic rings. The smallest absolute Gasteiger partial charge is 0.311 e. The molecule has 4 rings (SSSR count). The topological polar surface area (TPSA) is 68.6 Å². The number of carbonyl (C=O) groups is 3. The van der Waals surface area contributed by atoms with E-state index in [2.05, 4.69) is 0 Å². The maximum atomic E-state index is 12.8. The Morgan fingerprint density at radius 3 is 2.59 bits per heavy atom. The third kappa shape index (κ3) is 4.53. The highest BCUT2D eigenvalue weighted by atomic mass is 32.1. The normalized spacial score (nSPS) is 16.1. The maximum absolute atomic E-state index is 12.8. The zero-order valence-corrected chi connectivity index (χ0v) is 19.1. The highest BCUT2D eigenvalue weighted by Crippen LogP contribution is 2.23. The van der Waals surface area contributed by atoms with Crippen LogP contribution in [0.5, 0.6) is 0 Å². The molecular formula is C25H26N2O4S. The van der Waals surface area contributed by atoms with Gasteiger partial charge in [-0.25, -0.2) is 0 Å². The van der Waals surface area contributed by atoms with E-state index in [0.29, 0.717) is 30.0 Å². The van der Waals surface area contributed by atoms with Gasteiger partial charge in [-0.05, 0) is 56.3 Å². The second-order valence-electron chi connectivity index (χ2n) is 8.05. The second kappa shape index (κ2) is 9.53. The third-order valence-corrected chi connectivity index (χ3v) is 6.72. The number of amides is 1. The van der Waals surface area contributed by atoms with E-state index in [4.69, 9.17) is 4.74 Å². The van der Waals surface area contributed by atoms with Gasteiger partial charge in [-0.3, -0.25) is 14.4 Å². The summed E-state index contributed by atoms with van der Waals surface area (Å²) in [4.78, 5) is 40.4. The van der Waals surface area contributed by atoms with Gasteiger partial charge in [0.1, 0.15) is 0 Å². The number of carbonyl (C=O) groups excluding carboxylic acids is 3. The van der Waals surface area contributed by atoms with Gasteiger partial charge >= 0.3 is 5.97 Å². The van der Waals surface area contributed by atoms with Crippen molar-refractivity contribution in [3.05, 3.63) is 75.7 Å². The quantitative estimate of drug-likeness (QED) is 0.411. The van der Waals surface area contributed by atoms with Crippen LogP contribution < -0.4 is 0 Å². The van der Waals surface area contributed by atoms with Crippen LogP contribution in [-0.4, -0.2) is 46.8 Å². The fourth-order valence-electron chi connectivity index (χ4n) is 4.26. The van der Waals surface area contributed by atoms with E-state index >= 15 is 0 Å². The number of piperidine rings is 1. The summed E-state index contributed by atoms with van der Waals surface area (Å²) in [7, 11) is 0. The van der Waals surface area contributed by atoms with Crippen LogP contribution in [0.15, 0.2) is 53.9 Å². The molecule has 1 aliphatic heterocycles. The fourth-order valence-corrected chi connectivity index (χ4v) is 4.95. The standard InChI is InChI=1S/C25H26N2O4S/c1-17-14-21(18(2)27(17)20-9-4-3-5-10-20)22(28)16-31-25(30)19-8-6-12-26(15-19)24(29)23-11-7-13-32-23/h3-5,7,9-11,13-14,19H,6,8,12,15-16H2,1-2H3/t19-/m1/s1. The van der Waals surface area contributed by atoms with Gasteiger partial charge < -0.3 is 14.2 Å². The number of ether oxygens (including phenoxy) is 1. The van der Waals surface area contributed by atoms with Gasteiger partial charge in [0.15, 0.2) is 6.61 Å². The minimum absolute atomic E-state index is 0.0538. The number of thiophene rings is 1. The van der Waals surface area contributed by atoms with Crippen LogP contribution in [0.2, 0.25) is 0 Å². The van der Waals surface area contributed by atoms with Crippen LogP contribution in [0.1, 0.15) is 44.3 Å². The Hall–Kier alpha value is -3.19. The molecule has 1 atom stereocenters. The molecule has 166 valence electrons. The highest BCUT2D eigenvalue weighted by molar-refractivity contribution is 7.12. The molecule has 0 spiro atoms. The first-order valence-corrected chi connectivity index (χ1v) is 11.6. The summed E-state index contributed by atoms with van der Waals surface area (Å²) in [6.07, 6.45) is 1.40. The molecule has 7 heteroatoms. The summed E-state index contributed by atoms with van der Waals surface area (Å²) in [6, 6.07) is 15.3. The average Bonchev–Trinajstić information content (AvgIpc) is 3.45. The molecule has 1 aromatic carbocycles. The molecule has 0 aliphatic carbocycles. The lowest BCUT2D eigenvalue weighted by molar-refractivity contribution is -0.148. The van der Waals surface area contributed by atoms with Gasteiger partial charge in [-0.2, -0.15) is 0 Å². The van der Waals surface area contributed by atoms with Gasteiger partial charge in [0.05, 0.1) is 10.8 Å². The van der Waals surface area contributed by atoms with Gasteiger partial charge in [0, 0.05) is 35.7 Å². The number of Topliss-reactive ketones (excluding diaryl/α,β-unsaturated/α-hetero) is 1. The summed E-state index contributed by atoms with van der Waals surface area (Å²) >= 11 is 1.39. The lowest BCUT2D eigenvalue weighted by Crippen LogP contribution is -2.42. The number of likely N-dealkylation sites (tertiary alicyclic amines) is 1. The molecule has 0 bridgehead atoms. The van der Waals surface area contributed by atoms with E-state index in [9.17, 15) is 14.4 Å². The fraction of sp³-hybridized carbons (Fsp3) is 0.320. The Morgan fingerprint density at radius 1 is 1.09 bits per heavy atom. The largest absolute Gasteiger partial charge is 0.457 e. The molecule has 1 saturated heterocycles.